The van der Waals surface area contributed by atoms with Gasteiger partial charge in [-0.3, -0.25) is 4.79 Å². The van der Waals surface area contributed by atoms with Crippen molar-refractivity contribution in [1.82, 2.24) is 24.9 Å². The van der Waals surface area contributed by atoms with E-state index in [9.17, 15) is 9.59 Å². The quantitative estimate of drug-likeness (QED) is 0.861. The Balaban J connectivity index is 1.53. The van der Waals surface area contributed by atoms with Crippen molar-refractivity contribution in [1.29, 1.82) is 0 Å². The molecule has 0 radical (unpaired) electrons. The molecular formula is C19H27N5O4. The van der Waals surface area contributed by atoms with Crippen molar-refractivity contribution in [3.8, 4) is 11.5 Å². The lowest BCUT2D eigenvalue weighted by atomic mass is 9.97. The third-order valence-corrected chi connectivity index (χ3v) is 4.50. The molecule has 1 atom stereocenters. The van der Waals surface area contributed by atoms with Crippen molar-refractivity contribution < 1.29 is 18.8 Å². The molecule has 3 rings (SSSR count). The Morgan fingerprint density at radius 3 is 2.86 bits per heavy atom. The Hall–Kier alpha value is -2.84. The van der Waals surface area contributed by atoms with Gasteiger partial charge in [0, 0.05) is 26.3 Å². The van der Waals surface area contributed by atoms with Gasteiger partial charge in [-0.25, -0.2) is 4.79 Å². The number of nitrogens with one attached hydrogen (secondary N) is 1. The molecule has 3 heterocycles. The van der Waals surface area contributed by atoms with Crippen LogP contribution in [0.25, 0.3) is 11.5 Å². The Morgan fingerprint density at radius 1 is 1.39 bits per heavy atom. The van der Waals surface area contributed by atoms with Gasteiger partial charge >= 0.3 is 6.09 Å². The van der Waals surface area contributed by atoms with E-state index in [0.717, 1.165) is 18.5 Å². The molecule has 0 spiro atoms. The molecule has 0 saturated carbocycles. The van der Waals surface area contributed by atoms with E-state index in [1.165, 1.54) is 0 Å². The van der Waals surface area contributed by atoms with E-state index in [4.69, 9.17) is 9.26 Å². The number of likely N-dealkylation sites (tertiary alicyclic amines) is 1. The molecule has 1 fully saturated rings. The monoisotopic (exact) mass is 389 g/mol. The molecule has 1 N–H and O–H groups in total. The summed E-state index contributed by atoms with van der Waals surface area (Å²) in [4.78, 5) is 30.7. The van der Waals surface area contributed by atoms with Crippen LogP contribution in [0.3, 0.4) is 0 Å². The first-order valence-electron chi connectivity index (χ1n) is 9.43. The number of aromatic nitrogens is 3. The largest absolute Gasteiger partial charge is 0.444 e. The van der Waals surface area contributed by atoms with Crippen molar-refractivity contribution in [2.24, 2.45) is 13.0 Å². The van der Waals surface area contributed by atoms with Gasteiger partial charge in [-0.1, -0.05) is 5.16 Å². The van der Waals surface area contributed by atoms with Crippen molar-refractivity contribution in [3.05, 3.63) is 24.2 Å². The molecule has 0 unspecified atom stereocenters. The second-order valence-electron chi connectivity index (χ2n) is 8.00. The predicted octanol–water partition coefficient (Wildman–Crippen LogP) is 2.34. The molecule has 2 amide bonds. The SMILES string of the molecule is Cn1cccc1-c1noc(CNC(=O)[C@H]2CCCN(C(=O)OC(C)(C)C)C2)n1. The summed E-state index contributed by atoms with van der Waals surface area (Å²) >= 11 is 0. The lowest BCUT2D eigenvalue weighted by Gasteiger charge is -2.33. The second kappa shape index (κ2) is 8.04. The zero-order chi connectivity index (χ0) is 20.3. The molecule has 9 nitrogen and oxygen atoms in total. The molecule has 0 aromatic carbocycles. The van der Waals surface area contributed by atoms with E-state index in [2.05, 4.69) is 15.5 Å². The average molecular weight is 389 g/mol. The highest BCUT2D eigenvalue weighted by molar-refractivity contribution is 5.80. The normalized spacial score (nSPS) is 17.4. The van der Waals surface area contributed by atoms with Crippen LogP contribution < -0.4 is 5.32 Å². The highest BCUT2D eigenvalue weighted by Gasteiger charge is 2.31. The van der Waals surface area contributed by atoms with Gasteiger partial charge in [0.15, 0.2) is 0 Å². The number of rotatable bonds is 4. The Labute approximate surface area is 164 Å². The van der Waals surface area contributed by atoms with Crippen molar-refractivity contribution in [3.63, 3.8) is 0 Å². The van der Waals surface area contributed by atoms with E-state index in [-0.39, 0.29) is 24.5 Å². The highest BCUT2D eigenvalue weighted by atomic mass is 16.6. The maximum Gasteiger partial charge on any atom is 0.410 e. The molecule has 1 saturated heterocycles. The van der Waals surface area contributed by atoms with Crippen LogP contribution in [0, 0.1) is 5.92 Å². The number of nitrogens with zero attached hydrogens (tertiary/aromatic N) is 4. The molecule has 0 aliphatic carbocycles. The number of hydrogen-bond acceptors (Lipinski definition) is 6. The topological polar surface area (TPSA) is 102 Å². The fourth-order valence-electron chi connectivity index (χ4n) is 3.11. The number of carbonyl (C=O) groups excluding carboxylic acids is 2. The van der Waals surface area contributed by atoms with Crippen LogP contribution in [0.4, 0.5) is 4.79 Å². The van der Waals surface area contributed by atoms with Gasteiger partial charge in [0.1, 0.15) is 5.60 Å². The van der Waals surface area contributed by atoms with Crippen LogP contribution >= 0.6 is 0 Å². The zero-order valence-electron chi connectivity index (χ0n) is 16.8. The summed E-state index contributed by atoms with van der Waals surface area (Å²) < 4.78 is 12.5. The molecule has 2 aromatic rings. The minimum Gasteiger partial charge on any atom is -0.444 e. The van der Waals surface area contributed by atoms with E-state index in [1.54, 1.807) is 4.90 Å². The average Bonchev–Trinajstić information content (AvgIpc) is 3.27. The third kappa shape index (κ3) is 4.90. The molecular weight excluding hydrogens is 362 g/mol. The molecule has 0 bridgehead atoms. The molecule has 152 valence electrons. The van der Waals surface area contributed by atoms with Crippen LogP contribution in [-0.4, -0.2) is 50.3 Å². The van der Waals surface area contributed by atoms with Crippen LogP contribution in [0.2, 0.25) is 0 Å². The molecule has 28 heavy (non-hydrogen) atoms. The fraction of sp³-hybridized carbons (Fsp3) is 0.579. The molecule has 1 aliphatic rings. The van der Waals surface area contributed by atoms with Gasteiger partial charge < -0.3 is 24.0 Å². The molecule has 1 aliphatic heterocycles. The van der Waals surface area contributed by atoms with Crippen LogP contribution in [-0.2, 0) is 23.1 Å². The van der Waals surface area contributed by atoms with Crippen LogP contribution in [0.1, 0.15) is 39.5 Å². The summed E-state index contributed by atoms with van der Waals surface area (Å²) in [5, 5.41) is 6.78. The van der Waals surface area contributed by atoms with E-state index >= 15 is 0 Å². The minimum atomic E-state index is -0.555. The number of carbonyl (C=O) groups is 2. The molecule has 9 heteroatoms. The van der Waals surface area contributed by atoms with Gasteiger partial charge in [0.25, 0.3) is 0 Å². The summed E-state index contributed by atoms with van der Waals surface area (Å²) in [5.41, 5.74) is 0.280. The Kier molecular flexibility index (Phi) is 5.71. The van der Waals surface area contributed by atoms with Crippen LogP contribution in [0.15, 0.2) is 22.9 Å². The highest BCUT2D eigenvalue weighted by Crippen LogP contribution is 2.20. The first kappa shape index (κ1) is 19.9. The Morgan fingerprint density at radius 2 is 2.18 bits per heavy atom. The summed E-state index contributed by atoms with van der Waals surface area (Å²) in [5.74, 6) is 0.401. The molecule has 2 aromatic heterocycles. The maximum absolute atomic E-state index is 12.5. The second-order valence-corrected chi connectivity index (χ2v) is 8.00. The van der Waals surface area contributed by atoms with Crippen molar-refractivity contribution in [2.75, 3.05) is 13.1 Å². The van der Waals surface area contributed by atoms with E-state index in [0.29, 0.717) is 24.8 Å². The smallest absolute Gasteiger partial charge is 0.410 e. The Bertz CT molecular complexity index is 835. The summed E-state index contributed by atoms with van der Waals surface area (Å²) in [6, 6.07) is 3.78. The van der Waals surface area contributed by atoms with Gasteiger partial charge in [-0.2, -0.15) is 4.98 Å². The standard InChI is InChI=1S/C19H27N5O4/c1-19(2,3)27-18(26)24-10-5-7-13(12-24)17(25)20-11-15-21-16(22-28-15)14-8-6-9-23(14)4/h6,8-9,13H,5,7,10-12H2,1-4H3,(H,20,25)/t13-/m0/s1. The van der Waals surface area contributed by atoms with Gasteiger partial charge in [-0.05, 0) is 45.7 Å². The van der Waals surface area contributed by atoms with Crippen molar-refractivity contribution in [2.45, 2.75) is 45.8 Å². The maximum atomic E-state index is 12.5. The van der Waals surface area contributed by atoms with Crippen molar-refractivity contribution >= 4 is 12.0 Å². The first-order chi connectivity index (χ1) is 13.2. The number of aryl methyl sites for hydroxylation is 1. The lowest BCUT2D eigenvalue weighted by Crippen LogP contribution is -2.46. The summed E-state index contributed by atoms with van der Waals surface area (Å²) in [6.45, 7) is 6.58. The fourth-order valence-corrected chi connectivity index (χ4v) is 3.11. The number of amides is 2. The number of ether oxygens (including phenoxy) is 1. The predicted molar refractivity (Wildman–Crippen MR) is 101 cm³/mol. The third-order valence-electron chi connectivity index (χ3n) is 4.50. The van der Waals surface area contributed by atoms with Gasteiger partial charge in [0.2, 0.25) is 17.6 Å². The summed E-state index contributed by atoms with van der Waals surface area (Å²) in [7, 11) is 1.90. The minimum absolute atomic E-state index is 0.133. The van der Waals surface area contributed by atoms with Gasteiger partial charge in [-0.15, -0.1) is 0 Å². The summed E-state index contributed by atoms with van der Waals surface area (Å²) in [6.07, 6.45) is 3.00. The number of hydrogen-bond donors (Lipinski definition) is 1. The van der Waals surface area contributed by atoms with Gasteiger partial charge in [0.05, 0.1) is 18.2 Å². The zero-order valence-corrected chi connectivity index (χ0v) is 16.8. The van der Waals surface area contributed by atoms with Crippen LogP contribution in [0.5, 0.6) is 0 Å². The lowest BCUT2D eigenvalue weighted by molar-refractivity contribution is -0.126. The number of piperidine rings is 1. The van der Waals surface area contributed by atoms with E-state index < -0.39 is 5.60 Å². The van der Waals surface area contributed by atoms with E-state index in [1.807, 2.05) is 50.7 Å². The first-order valence-corrected chi connectivity index (χ1v) is 9.43.